The summed E-state index contributed by atoms with van der Waals surface area (Å²) in [5.74, 6) is -0.713. The van der Waals surface area contributed by atoms with E-state index in [2.05, 4.69) is 33.9 Å². The fourth-order valence-electron chi connectivity index (χ4n) is 2.13. The fourth-order valence-corrected chi connectivity index (χ4v) is 4.67. The number of carbonyl (C=O) groups is 2. The average molecular weight is 269 g/mol. The highest BCUT2D eigenvalue weighted by Crippen LogP contribution is 2.43. The Kier molecular flexibility index (Phi) is 4.05. The van der Waals surface area contributed by atoms with Crippen molar-refractivity contribution in [1.29, 1.82) is 0 Å². The third kappa shape index (κ3) is 2.83. The molecule has 102 valence electrons. The van der Waals surface area contributed by atoms with Crippen LogP contribution in [0.5, 0.6) is 0 Å². The Bertz CT molecular complexity index is 382. The molecule has 18 heavy (non-hydrogen) atoms. The number of hydrogen-bond donors (Lipinski definition) is 1. The Labute approximate surface area is 110 Å². The molecule has 0 aliphatic carbocycles. The summed E-state index contributed by atoms with van der Waals surface area (Å²) in [5, 5.41) is 8.69. The largest absolute Gasteiger partial charge is 0.478 e. The second-order valence-corrected chi connectivity index (χ2v) is 11.5. The first-order valence-corrected chi connectivity index (χ1v) is 9.23. The predicted octanol–water partition coefficient (Wildman–Crippen LogP) is 2.62. The molecule has 0 aromatic heterocycles. The summed E-state index contributed by atoms with van der Waals surface area (Å²) in [6, 6.07) is 0.189. The first kappa shape index (κ1) is 15.0. The Morgan fingerprint density at radius 2 is 2.06 bits per heavy atom. The number of aliphatic carboxylic acids is 1. The summed E-state index contributed by atoms with van der Waals surface area (Å²) < 4.78 is 2.04. The van der Waals surface area contributed by atoms with Crippen LogP contribution in [0.25, 0.3) is 0 Å². The van der Waals surface area contributed by atoms with Gasteiger partial charge in [0.05, 0.1) is 0 Å². The molecule has 1 rings (SSSR count). The van der Waals surface area contributed by atoms with Gasteiger partial charge in [0, 0.05) is 18.5 Å². The molecule has 0 saturated carbocycles. The number of rotatable bonds is 4. The number of β-lactam (4-membered cyclic amide) rings is 1. The smallest absolute Gasteiger partial charge is 0.327 e. The van der Waals surface area contributed by atoms with Gasteiger partial charge >= 0.3 is 5.97 Å². The normalized spacial score (nSPS) is 21.3. The second kappa shape index (κ2) is 4.88. The zero-order valence-electron chi connectivity index (χ0n) is 11.9. The van der Waals surface area contributed by atoms with Gasteiger partial charge in [-0.15, -0.1) is 0 Å². The van der Waals surface area contributed by atoms with E-state index in [-0.39, 0.29) is 17.0 Å². The van der Waals surface area contributed by atoms with Gasteiger partial charge in [-0.1, -0.05) is 39.9 Å². The molecule has 1 N–H and O–H groups in total. The Morgan fingerprint density at radius 3 is 2.44 bits per heavy atom. The predicted molar refractivity (Wildman–Crippen MR) is 73.8 cm³/mol. The lowest BCUT2D eigenvalue weighted by Gasteiger charge is -2.55. The Morgan fingerprint density at radius 1 is 1.50 bits per heavy atom. The molecule has 0 bridgehead atoms. The molecule has 1 aliphatic heterocycles. The molecular formula is C13H23NO3Si. The van der Waals surface area contributed by atoms with Crippen molar-refractivity contribution < 1.29 is 14.7 Å². The van der Waals surface area contributed by atoms with Gasteiger partial charge in [-0.05, 0) is 11.5 Å². The highest BCUT2D eigenvalue weighted by atomic mass is 28.3. The Balaban J connectivity index is 2.75. The SMILES string of the molecule is CC(C)(C)[Si](C)(C)N1C(=O)CC1CC=CC(=O)O. The van der Waals surface area contributed by atoms with Crippen LogP contribution in [0.2, 0.25) is 18.1 Å². The van der Waals surface area contributed by atoms with Crippen LogP contribution < -0.4 is 0 Å². The number of hydrogen-bond acceptors (Lipinski definition) is 2. The van der Waals surface area contributed by atoms with E-state index in [1.54, 1.807) is 6.08 Å². The lowest BCUT2D eigenvalue weighted by Crippen LogP contribution is -2.67. The third-order valence-corrected chi connectivity index (χ3v) is 9.64. The topological polar surface area (TPSA) is 57.6 Å². The molecule has 1 aliphatic rings. The summed E-state index contributed by atoms with van der Waals surface area (Å²) >= 11 is 0. The highest BCUT2D eigenvalue weighted by Gasteiger charge is 2.51. The van der Waals surface area contributed by atoms with E-state index >= 15 is 0 Å². The van der Waals surface area contributed by atoms with Crippen molar-refractivity contribution in [3.05, 3.63) is 12.2 Å². The summed E-state index contributed by atoms with van der Waals surface area (Å²) in [5.41, 5.74) is 0. The van der Waals surface area contributed by atoms with Crippen LogP contribution in [0.4, 0.5) is 0 Å². The Hall–Kier alpha value is -1.10. The van der Waals surface area contributed by atoms with E-state index in [0.29, 0.717) is 12.8 Å². The zero-order chi connectivity index (χ0) is 14.1. The second-order valence-electron chi connectivity index (χ2n) is 6.41. The quantitative estimate of drug-likeness (QED) is 0.485. The van der Waals surface area contributed by atoms with E-state index in [4.69, 9.17) is 5.11 Å². The number of nitrogens with zero attached hydrogens (tertiary/aromatic N) is 1. The van der Waals surface area contributed by atoms with E-state index < -0.39 is 14.2 Å². The summed E-state index contributed by atoms with van der Waals surface area (Å²) in [6.07, 6.45) is 4.01. The number of carboxylic acid groups (broad SMARTS) is 1. The average Bonchev–Trinajstić information content (AvgIpc) is 2.12. The number of carboxylic acids is 1. The number of amides is 1. The van der Waals surface area contributed by atoms with Gasteiger partial charge < -0.3 is 9.67 Å². The summed E-state index contributed by atoms with van der Waals surface area (Å²) in [6.45, 7) is 10.9. The maximum absolute atomic E-state index is 11.9. The van der Waals surface area contributed by atoms with Crippen LogP contribution in [0, 0.1) is 0 Å². The van der Waals surface area contributed by atoms with Gasteiger partial charge in [0.25, 0.3) is 0 Å². The molecule has 1 heterocycles. The molecule has 1 amide bonds. The lowest BCUT2D eigenvalue weighted by molar-refractivity contribution is -0.138. The zero-order valence-corrected chi connectivity index (χ0v) is 12.9. The van der Waals surface area contributed by atoms with Gasteiger partial charge in [0.2, 0.25) is 5.91 Å². The third-order valence-electron chi connectivity index (χ3n) is 4.15. The standard InChI is InChI=1S/C13H23NO3Si/c1-13(2,3)18(4,5)14-10(9-11(14)15)7-6-8-12(16)17/h6,8,10H,7,9H2,1-5H3,(H,16,17). The van der Waals surface area contributed by atoms with Crippen LogP contribution in [0.1, 0.15) is 33.6 Å². The maximum atomic E-state index is 11.9. The maximum Gasteiger partial charge on any atom is 0.327 e. The molecule has 1 saturated heterocycles. The molecular weight excluding hydrogens is 246 g/mol. The van der Waals surface area contributed by atoms with E-state index in [0.717, 1.165) is 6.08 Å². The highest BCUT2D eigenvalue weighted by molar-refractivity contribution is 6.79. The van der Waals surface area contributed by atoms with Crippen LogP contribution >= 0.6 is 0 Å². The molecule has 0 spiro atoms. The molecule has 1 fully saturated rings. The first-order chi connectivity index (χ1) is 8.07. The molecule has 5 heteroatoms. The number of carbonyl (C=O) groups excluding carboxylic acids is 1. The van der Waals surface area contributed by atoms with Crippen molar-refractivity contribution in [2.24, 2.45) is 0 Å². The van der Waals surface area contributed by atoms with E-state index in [1.165, 1.54) is 0 Å². The van der Waals surface area contributed by atoms with Crippen LogP contribution in [0.3, 0.4) is 0 Å². The van der Waals surface area contributed by atoms with Crippen molar-refractivity contribution in [2.75, 3.05) is 0 Å². The lowest BCUT2D eigenvalue weighted by atomic mass is 10.0. The van der Waals surface area contributed by atoms with Crippen molar-refractivity contribution >= 4 is 20.1 Å². The summed E-state index contributed by atoms with van der Waals surface area (Å²) in [7, 11) is -1.82. The molecule has 0 aromatic rings. The molecule has 1 atom stereocenters. The van der Waals surface area contributed by atoms with Gasteiger partial charge in [-0.25, -0.2) is 4.79 Å². The molecule has 1 unspecified atom stereocenters. The van der Waals surface area contributed by atoms with Crippen LogP contribution in [-0.4, -0.2) is 35.8 Å². The van der Waals surface area contributed by atoms with E-state index in [1.807, 2.05) is 4.57 Å². The fraction of sp³-hybridized carbons (Fsp3) is 0.692. The minimum Gasteiger partial charge on any atom is -0.478 e. The minimum atomic E-state index is -1.82. The molecule has 0 aromatic carbocycles. The van der Waals surface area contributed by atoms with Gasteiger partial charge in [0.15, 0.2) is 8.24 Å². The van der Waals surface area contributed by atoms with Crippen LogP contribution in [-0.2, 0) is 9.59 Å². The van der Waals surface area contributed by atoms with E-state index in [9.17, 15) is 9.59 Å². The monoisotopic (exact) mass is 269 g/mol. The van der Waals surface area contributed by atoms with Crippen molar-refractivity contribution in [2.45, 2.75) is 57.8 Å². The van der Waals surface area contributed by atoms with Gasteiger partial charge in [-0.3, -0.25) is 4.79 Å². The minimum absolute atomic E-state index is 0.123. The molecule has 0 radical (unpaired) electrons. The van der Waals surface area contributed by atoms with Crippen molar-refractivity contribution in [1.82, 2.24) is 4.57 Å². The first-order valence-electron chi connectivity index (χ1n) is 6.29. The summed E-state index contributed by atoms with van der Waals surface area (Å²) in [4.78, 5) is 22.3. The van der Waals surface area contributed by atoms with Crippen molar-refractivity contribution in [3.63, 3.8) is 0 Å². The van der Waals surface area contributed by atoms with Crippen molar-refractivity contribution in [3.8, 4) is 0 Å². The van der Waals surface area contributed by atoms with Gasteiger partial charge in [-0.2, -0.15) is 0 Å². The van der Waals surface area contributed by atoms with Crippen LogP contribution in [0.15, 0.2) is 12.2 Å². The molecule has 4 nitrogen and oxygen atoms in total. The van der Waals surface area contributed by atoms with Gasteiger partial charge in [0.1, 0.15) is 0 Å².